The average molecular weight is 530 g/mol. The Morgan fingerprint density at radius 1 is 1.23 bits per heavy atom. The molecule has 0 saturated carbocycles. The van der Waals surface area contributed by atoms with Crippen molar-refractivity contribution in [1.29, 1.82) is 0 Å². The van der Waals surface area contributed by atoms with Gasteiger partial charge < -0.3 is 0 Å². The normalized spacial score (nSPS) is 22.3. The highest BCUT2D eigenvalue weighted by Gasteiger charge is 2.42. The molecule has 1 saturated heterocycles. The maximum absolute atomic E-state index is 13.2. The Morgan fingerprint density at radius 2 is 2.00 bits per heavy atom. The molecule has 0 unspecified atom stereocenters. The van der Waals surface area contributed by atoms with E-state index in [1.54, 1.807) is 23.5 Å². The van der Waals surface area contributed by atoms with Gasteiger partial charge in [-0.3, -0.25) is 15.2 Å². The molecule has 9 heteroatoms. The number of hydrogen-bond acceptors (Lipinski definition) is 5. The molecule has 2 atom stereocenters. The molecular formula is C21H23BrCl2N4OS. The molecule has 3 heterocycles. The van der Waals surface area contributed by atoms with Crippen LogP contribution in [0.25, 0.3) is 0 Å². The molecular weight excluding hydrogens is 507 g/mol. The largest absolute Gasteiger partial charge is 0.284 e. The Bertz CT molecular complexity index is 960. The van der Waals surface area contributed by atoms with Crippen LogP contribution in [0.1, 0.15) is 43.5 Å². The minimum absolute atomic E-state index is 0.0490. The maximum Gasteiger partial charge on any atom is 0.282 e. The van der Waals surface area contributed by atoms with Crippen molar-refractivity contribution >= 4 is 67.8 Å². The number of amides is 1. The Morgan fingerprint density at radius 3 is 2.63 bits per heavy atom. The Labute approximate surface area is 199 Å². The van der Waals surface area contributed by atoms with E-state index in [2.05, 4.69) is 34.3 Å². The second-order valence-electron chi connectivity index (χ2n) is 7.52. The molecule has 4 rings (SSSR count). The smallest absolute Gasteiger partial charge is 0.282 e. The lowest BCUT2D eigenvalue weighted by Crippen LogP contribution is -2.48. The van der Waals surface area contributed by atoms with E-state index in [1.807, 2.05) is 22.2 Å². The maximum atomic E-state index is 13.2. The van der Waals surface area contributed by atoms with Crippen molar-refractivity contribution in [3.63, 3.8) is 0 Å². The first-order valence-electron chi connectivity index (χ1n) is 10.1. The summed E-state index contributed by atoms with van der Waals surface area (Å²) in [7, 11) is 0. The van der Waals surface area contributed by atoms with E-state index in [4.69, 9.17) is 28.3 Å². The second-order valence-corrected chi connectivity index (χ2v) is 10.9. The van der Waals surface area contributed by atoms with Gasteiger partial charge in [-0.25, -0.2) is 5.01 Å². The Kier molecular flexibility index (Phi) is 7.05. The molecule has 0 spiro atoms. The van der Waals surface area contributed by atoms with Gasteiger partial charge in [0.2, 0.25) is 0 Å². The molecule has 2 aliphatic heterocycles. The number of hydrazone groups is 1. The topological polar surface area (TPSA) is 47.9 Å². The van der Waals surface area contributed by atoms with Gasteiger partial charge in [0.1, 0.15) is 5.71 Å². The van der Waals surface area contributed by atoms with Gasteiger partial charge in [0, 0.05) is 28.9 Å². The van der Waals surface area contributed by atoms with Crippen molar-refractivity contribution in [2.24, 2.45) is 11.0 Å². The highest BCUT2D eigenvalue weighted by Crippen LogP contribution is 2.46. The van der Waals surface area contributed by atoms with E-state index in [0.717, 1.165) is 46.7 Å². The average Bonchev–Trinajstić information content (AvgIpc) is 3.32. The number of piperidine rings is 1. The fraction of sp³-hybridized carbons (Fsp3) is 0.429. The molecule has 1 aromatic carbocycles. The molecule has 5 nitrogen and oxygen atoms in total. The number of thiophene rings is 1. The van der Waals surface area contributed by atoms with Crippen LogP contribution in [0.4, 0.5) is 5.69 Å². The minimum Gasteiger partial charge on any atom is -0.284 e. The number of rotatable bonds is 5. The SMILES string of the molecule is CC[C@@H]1C(C(=O)NN2CCCCC2)=NN(c2ccc(Cl)cc2Cl)[C@H]1c1ccc(Br)s1. The van der Waals surface area contributed by atoms with Crippen LogP contribution in [-0.4, -0.2) is 29.7 Å². The van der Waals surface area contributed by atoms with E-state index in [1.165, 1.54) is 6.42 Å². The monoisotopic (exact) mass is 528 g/mol. The van der Waals surface area contributed by atoms with Gasteiger partial charge in [0.25, 0.3) is 5.91 Å². The lowest BCUT2D eigenvalue weighted by atomic mass is 9.91. The third-order valence-electron chi connectivity index (χ3n) is 5.54. The molecule has 0 bridgehead atoms. The zero-order chi connectivity index (χ0) is 21.3. The fourth-order valence-corrected chi connectivity index (χ4v) is 6.16. The molecule has 0 radical (unpaired) electrons. The van der Waals surface area contributed by atoms with Crippen LogP contribution in [-0.2, 0) is 4.79 Å². The van der Waals surface area contributed by atoms with Crippen molar-refractivity contribution < 1.29 is 4.79 Å². The quantitative estimate of drug-likeness (QED) is 0.496. The number of benzene rings is 1. The molecule has 2 aromatic rings. The summed E-state index contributed by atoms with van der Waals surface area (Å²) in [5.41, 5.74) is 4.37. The molecule has 2 aliphatic rings. The van der Waals surface area contributed by atoms with E-state index < -0.39 is 0 Å². The van der Waals surface area contributed by atoms with Crippen molar-refractivity contribution in [1.82, 2.24) is 10.4 Å². The van der Waals surface area contributed by atoms with Gasteiger partial charge in [-0.15, -0.1) is 11.3 Å². The standard InChI is InChI=1S/C21H23BrCl2N4OS/c1-2-14-19(21(29)26-27-10-4-3-5-11-27)25-28(16-7-6-13(23)12-15(16)24)20(14)17-8-9-18(22)30-17/h6-9,12,14,20H,2-5,10-11H2,1H3,(H,26,29)/t14-,20-/m1/s1. The van der Waals surface area contributed by atoms with Gasteiger partial charge in [0.05, 0.1) is 20.5 Å². The number of nitrogens with one attached hydrogen (secondary N) is 1. The number of hydrogen-bond donors (Lipinski definition) is 1. The summed E-state index contributed by atoms with van der Waals surface area (Å²) in [5, 5.41) is 9.78. The van der Waals surface area contributed by atoms with Crippen LogP contribution in [0, 0.1) is 5.92 Å². The number of hydrazine groups is 1. The summed E-state index contributed by atoms with van der Waals surface area (Å²) in [6.45, 7) is 3.85. The number of anilines is 1. The summed E-state index contributed by atoms with van der Waals surface area (Å²) < 4.78 is 1.04. The summed E-state index contributed by atoms with van der Waals surface area (Å²) in [4.78, 5) is 14.3. The second kappa shape index (κ2) is 9.57. The van der Waals surface area contributed by atoms with Crippen LogP contribution in [0.3, 0.4) is 0 Å². The lowest BCUT2D eigenvalue weighted by Gasteiger charge is -2.28. The summed E-state index contributed by atoms with van der Waals surface area (Å²) in [5.74, 6) is -0.177. The number of halogens is 3. The third kappa shape index (κ3) is 4.55. The molecule has 1 amide bonds. The van der Waals surface area contributed by atoms with Gasteiger partial charge in [-0.05, 0) is 65.5 Å². The number of carbonyl (C=O) groups is 1. The highest BCUT2D eigenvalue weighted by atomic mass is 79.9. The summed E-state index contributed by atoms with van der Waals surface area (Å²) in [6, 6.07) is 9.38. The molecule has 0 aliphatic carbocycles. The fourth-order valence-electron chi connectivity index (χ4n) is 4.09. The Hall–Kier alpha value is -1.12. The van der Waals surface area contributed by atoms with Gasteiger partial charge >= 0.3 is 0 Å². The van der Waals surface area contributed by atoms with Crippen molar-refractivity contribution in [3.8, 4) is 0 Å². The van der Waals surface area contributed by atoms with Crippen molar-refractivity contribution in [3.05, 3.63) is 49.0 Å². The van der Waals surface area contributed by atoms with E-state index >= 15 is 0 Å². The van der Waals surface area contributed by atoms with Crippen LogP contribution in [0.15, 0.2) is 39.2 Å². The van der Waals surface area contributed by atoms with E-state index in [-0.39, 0.29) is 17.9 Å². The van der Waals surface area contributed by atoms with Crippen molar-refractivity contribution in [2.75, 3.05) is 18.1 Å². The van der Waals surface area contributed by atoms with Gasteiger partial charge in [-0.1, -0.05) is 36.5 Å². The van der Waals surface area contributed by atoms with Gasteiger partial charge in [0.15, 0.2) is 0 Å². The van der Waals surface area contributed by atoms with Crippen LogP contribution < -0.4 is 10.4 Å². The first-order valence-corrected chi connectivity index (χ1v) is 12.5. The number of carbonyl (C=O) groups excluding carboxylic acids is 1. The first-order chi connectivity index (χ1) is 14.5. The predicted octanol–water partition coefficient (Wildman–Crippen LogP) is 6.28. The lowest BCUT2D eigenvalue weighted by molar-refractivity contribution is -0.120. The minimum atomic E-state index is -0.128. The summed E-state index contributed by atoms with van der Waals surface area (Å²) >= 11 is 17.9. The number of nitrogens with zero attached hydrogens (tertiary/aromatic N) is 3. The zero-order valence-corrected chi connectivity index (χ0v) is 20.5. The molecule has 1 aromatic heterocycles. The van der Waals surface area contributed by atoms with Crippen LogP contribution >= 0.6 is 50.5 Å². The molecule has 160 valence electrons. The van der Waals surface area contributed by atoms with Crippen LogP contribution in [0.2, 0.25) is 10.0 Å². The van der Waals surface area contributed by atoms with E-state index in [9.17, 15) is 4.79 Å². The Balaban J connectivity index is 1.70. The zero-order valence-electron chi connectivity index (χ0n) is 16.6. The summed E-state index contributed by atoms with van der Waals surface area (Å²) in [6.07, 6.45) is 4.20. The van der Waals surface area contributed by atoms with E-state index in [0.29, 0.717) is 15.8 Å². The first kappa shape index (κ1) is 22.1. The highest BCUT2D eigenvalue weighted by molar-refractivity contribution is 9.11. The van der Waals surface area contributed by atoms with Crippen LogP contribution in [0.5, 0.6) is 0 Å². The molecule has 30 heavy (non-hydrogen) atoms. The molecule has 1 fully saturated rings. The predicted molar refractivity (Wildman–Crippen MR) is 128 cm³/mol. The van der Waals surface area contributed by atoms with Crippen molar-refractivity contribution in [2.45, 2.75) is 38.6 Å². The van der Waals surface area contributed by atoms with Gasteiger partial charge in [-0.2, -0.15) is 5.10 Å². The third-order valence-corrected chi connectivity index (χ3v) is 7.77. The molecule has 1 N–H and O–H groups in total.